The summed E-state index contributed by atoms with van der Waals surface area (Å²) in [6.07, 6.45) is -0.920. The molecule has 1 unspecified atom stereocenters. The third-order valence-electron chi connectivity index (χ3n) is 3.90. The molecular weight excluding hydrogens is 374 g/mol. The maximum atomic E-state index is 12.1. The number of aliphatic hydroxyl groups is 1. The third kappa shape index (κ3) is 12.1. The maximum absolute atomic E-state index is 12.1. The van der Waals surface area contributed by atoms with Gasteiger partial charge in [-0.1, -0.05) is 50.0 Å². The smallest absolute Gasteiger partial charge is 0.407 e. The van der Waals surface area contributed by atoms with Gasteiger partial charge in [0.25, 0.3) is 0 Å². The Morgan fingerprint density at radius 2 is 1.79 bits per heavy atom. The summed E-state index contributed by atoms with van der Waals surface area (Å²) in [5.41, 5.74) is 0.206. The van der Waals surface area contributed by atoms with Gasteiger partial charge in [-0.2, -0.15) is 0 Å². The molecule has 1 rings (SSSR count). The van der Waals surface area contributed by atoms with E-state index in [9.17, 15) is 9.90 Å². The van der Waals surface area contributed by atoms with Crippen LogP contribution in [0.5, 0.6) is 0 Å². The lowest BCUT2D eigenvalue weighted by atomic mass is 10.0. The van der Waals surface area contributed by atoms with Crippen LogP contribution < -0.4 is 5.32 Å². The van der Waals surface area contributed by atoms with Crippen LogP contribution in [0, 0.1) is 0 Å². The van der Waals surface area contributed by atoms with Crippen molar-refractivity contribution in [3.8, 4) is 0 Å². The van der Waals surface area contributed by atoms with Gasteiger partial charge in [0.05, 0.1) is 18.8 Å². The van der Waals surface area contributed by atoms with Crippen LogP contribution in [0.1, 0.15) is 38.9 Å². The quantitative estimate of drug-likeness (QED) is 0.322. The second-order valence-electron chi connectivity index (χ2n) is 9.21. The molecule has 1 aromatic rings. The van der Waals surface area contributed by atoms with Gasteiger partial charge >= 0.3 is 6.09 Å². The summed E-state index contributed by atoms with van der Waals surface area (Å²) in [5.74, 6) is 0. The van der Waals surface area contributed by atoms with Gasteiger partial charge in [0, 0.05) is 21.1 Å². The fourth-order valence-electron chi connectivity index (χ4n) is 2.41. The van der Waals surface area contributed by atoms with E-state index in [4.69, 9.17) is 14.2 Å². The summed E-state index contributed by atoms with van der Waals surface area (Å²) in [5, 5.41) is 13.3. The molecule has 1 amide bonds. The van der Waals surface area contributed by atoms with E-state index in [1.807, 2.05) is 51.1 Å². The number of hydrogen-bond donors (Lipinski definition) is 2. The molecule has 0 aromatic heterocycles. The number of carbonyl (C=O) groups is 1. The Labute approximate surface area is 170 Å². The van der Waals surface area contributed by atoms with Crippen molar-refractivity contribution in [1.29, 1.82) is 0 Å². The fraction of sp³-hybridized carbons (Fsp3) is 0.667. The number of rotatable bonds is 11. The molecule has 0 heterocycles. The largest absolute Gasteiger partial charge is 0.444 e. The first kappa shape index (κ1) is 24.6. The topological polar surface area (TPSA) is 77.0 Å². The minimum Gasteiger partial charge on any atom is -0.444 e. The van der Waals surface area contributed by atoms with Gasteiger partial charge in [-0.05, 0) is 32.4 Å². The molecule has 0 saturated carbocycles. The molecule has 160 valence electrons. The lowest BCUT2D eigenvalue weighted by molar-refractivity contribution is -0.0594. The van der Waals surface area contributed by atoms with Crippen LogP contribution in [-0.2, 0) is 14.2 Å². The van der Waals surface area contributed by atoms with E-state index in [1.54, 1.807) is 0 Å². The third-order valence-corrected chi connectivity index (χ3v) is 5.60. The van der Waals surface area contributed by atoms with Gasteiger partial charge < -0.3 is 24.6 Å². The number of hydrogen-bond acceptors (Lipinski definition) is 5. The van der Waals surface area contributed by atoms with E-state index >= 15 is 0 Å². The van der Waals surface area contributed by atoms with Crippen molar-refractivity contribution in [2.24, 2.45) is 0 Å². The van der Waals surface area contributed by atoms with Crippen LogP contribution in [0.4, 0.5) is 4.79 Å². The minimum absolute atomic E-state index is 0.165. The lowest BCUT2D eigenvalue weighted by Crippen LogP contribution is -2.42. The predicted molar refractivity (Wildman–Crippen MR) is 114 cm³/mol. The number of benzene rings is 1. The van der Waals surface area contributed by atoms with Crippen LogP contribution in [0.25, 0.3) is 0 Å². The Kier molecular flexibility index (Phi) is 10.2. The molecule has 2 atom stereocenters. The van der Waals surface area contributed by atoms with Gasteiger partial charge in [-0.15, -0.1) is 0 Å². The molecule has 0 radical (unpaired) electrons. The van der Waals surface area contributed by atoms with Crippen molar-refractivity contribution in [1.82, 2.24) is 5.32 Å². The van der Waals surface area contributed by atoms with Crippen molar-refractivity contribution >= 4 is 14.2 Å². The Morgan fingerprint density at radius 1 is 1.14 bits per heavy atom. The van der Waals surface area contributed by atoms with Crippen LogP contribution >= 0.6 is 0 Å². The van der Waals surface area contributed by atoms with E-state index in [2.05, 4.69) is 25.0 Å². The molecule has 0 saturated heterocycles. The number of amides is 1. The van der Waals surface area contributed by atoms with Gasteiger partial charge in [0.2, 0.25) is 0 Å². The molecule has 2 N–H and O–H groups in total. The summed E-state index contributed by atoms with van der Waals surface area (Å²) in [6, 6.07) is 10.0. The lowest BCUT2D eigenvalue weighted by Gasteiger charge is -2.25. The average Bonchev–Trinajstić information content (AvgIpc) is 2.55. The second-order valence-corrected chi connectivity index (χ2v) is 14.8. The minimum atomic E-state index is -1.13. The summed E-state index contributed by atoms with van der Waals surface area (Å²) in [7, 11) is -1.13. The fourth-order valence-corrected chi connectivity index (χ4v) is 3.17. The van der Waals surface area contributed by atoms with E-state index < -0.39 is 31.9 Å². The van der Waals surface area contributed by atoms with E-state index in [0.717, 1.165) is 11.6 Å². The summed E-state index contributed by atoms with van der Waals surface area (Å²) in [6.45, 7) is 13.4. The normalized spacial score (nSPS) is 14.4. The predicted octanol–water partition coefficient (Wildman–Crippen LogP) is 4.33. The highest BCUT2D eigenvalue weighted by molar-refractivity contribution is 6.76. The summed E-state index contributed by atoms with van der Waals surface area (Å²) < 4.78 is 16.5. The van der Waals surface area contributed by atoms with Gasteiger partial charge in [-0.3, -0.25) is 0 Å². The number of carbonyl (C=O) groups excluding carboxylic acids is 1. The van der Waals surface area contributed by atoms with E-state index in [0.29, 0.717) is 13.0 Å². The van der Waals surface area contributed by atoms with Gasteiger partial charge in [0.1, 0.15) is 12.4 Å². The summed E-state index contributed by atoms with van der Waals surface area (Å²) >= 11 is 0. The molecular formula is C21H37NO5Si. The van der Waals surface area contributed by atoms with E-state index in [-0.39, 0.29) is 13.4 Å². The molecule has 0 aliphatic heterocycles. The Balaban J connectivity index is 2.53. The first-order chi connectivity index (χ1) is 13.0. The Hall–Kier alpha value is -1.41. The van der Waals surface area contributed by atoms with Crippen molar-refractivity contribution in [2.75, 3.05) is 20.0 Å². The molecule has 7 heteroatoms. The first-order valence-corrected chi connectivity index (χ1v) is 13.5. The second kappa shape index (κ2) is 11.6. The van der Waals surface area contributed by atoms with Crippen LogP contribution in [-0.4, -0.2) is 50.9 Å². The molecule has 0 aliphatic rings. The highest BCUT2D eigenvalue weighted by Gasteiger charge is 2.22. The van der Waals surface area contributed by atoms with Crippen LogP contribution in [0.15, 0.2) is 30.3 Å². The number of nitrogens with one attached hydrogen (secondary N) is 1. The molecule has 28 heavy (non-hydrogen) atoms. The zero-order chi connectivity index (χ0) is 21.2. The highest BCUT2D eigenvalue weighted by atomic mass is 28.3. The SMILES string of the molecule is CC(C)(C)OC(=O)N[C@H](COCOCC[Si](C)(C)C)CC(O)c1ccccc1. The number of ether oxygens (including phenoxy) is 3. The number of alkyl carbamates (subject to hydrolysis) is 1. The molecule has 0 spiro atoms. The highest BCUT2D eigenvalue weighted by Crippen LogP contribution is 2.18. The first-order valence-electron chi connectivity index (χ1n) is 9.84. The standard InChI is InChI=1S/C21H37NO5Si/c1-21(2,3)27-20(24)22-18(14-19(23)17-10-8-7-9-11-17)15-26-16-25-12-13-28(4,5)6/h7-11,18-19,23H,12-16H2,1-6H3,(H,22,24)/t18-,19?/m0/s1. The van der Waals surface area contributed by atoms with Gasteiger partial charge in [-0.25, -0.2) is 4.79 Å². The molecule has 0 fully saturated rings. The number of aliphatic hydroxyl groups excluding tert-OH is 1. The molecule has 1 aromatic carbocycles. The van der Waals surface area contributed by atoms with Crippen molar-refractivity contribution in [3.05, 3.63) is 35.9 Å². The zero-order valence-corrected chi connectivity index (χ0v) is 19.2. The zero-order valence-electron chi connectivity index (χ0n) is 18.2. The van der Waals surface area contributed by atoms with Crippen molar-refractivity contribution < 1.29 is 24.1 Å². The maximum Gasteiger partial charge on any atom is 0.407 e. The van der Waals surface area contributed by atoms with Crippen molar-refractivity contribution in [2.45, 2.75) is 70.6 Å². The van der Waals surface area contributed by atoms with Crippen molar-refractivity contribution in [3.63, 3.8) is 0 Å². The molecule has 0 bridgehead atoms. The van der Waals surface area contributed by atoms with E-state index in [1.165, 1.54) is 0 Å². The Bertz CT molecular complexity index is 568. The van der Waals surface area contributed by atoms with Crippen LogP contribution in [0.3, 0.4) is 0 Å². The monoisotopic (exact) mass is 411 g/mol. The molecule has 6 nitrogen and oxygen atoms in total. The Morgan fingerprint density at radius 3 is 2.36 bits per heavy atom. The van der Waals surface area contributed by atoms with Crippen LogP contribution in [0.2, 0.25) is 25.7 Å². The van der Waals surface area contributed by atoms with Gasteiger partial charge in [0.15, 0.2) is 0 Å². The average molecular weight is 412 g/mol. The summed E-state index contributed by atoms with van der Waals surface area (Å²) in [4.78, 5) is 12.1. The molecule has 0 aliphatic carbocycles.